The topological polar surface area (TPSA) is 43.8 Å². The van der Waals surface area contributed by atoms with E-state index >= 15 is 0 Å². The van der Waals surface area contributed by atoms with Gasteiger partial charge in [-0.15, -0.1) is 12.4 Å². The Morgan fingerprint density at radius 3 is 2.55 bits per heavy atom. The number of hydrogen-bond donors (Lipinski definition) is 1. The number of aromatic nitrogens is 2. The van der Waals surface area contributed by atoms with Crippen LogP contribution in [0.5, 0.6) is 0 Å². The van der Waals surface area contributed by atoms with Crippen LogP contribution in [0.15, 0.2) is 30.6 Å². The fourth-order valence-electron chi connectivity index (χ4n) is 1.79. The van der Waals surface area contributed by atoms with E-state index in [0.29, 0.717) is 16.7 Å². The van der Waals surface area contributed by atoms with Gasteiger partial charge in [-0.3, -0.25) is 4.68 Å². The standard InChI is InChI=1S/C12H11F4N3.ClH/c13-10-1-2-11(8(3-10)4-17)9-5-18-19(6-9)7-12(14,15)16;/h1-3,5-6H,4,7,17H2;1H. The van der Waals surface area contributed by atoms with E-state index < -0.39 is 18.5 Å². The Hall–Kier alpha value is -1.60. The Kier molecular flexibility index (Phi) is 5.13. The minimum atomic E-state index is -4.33. The molecule has 8 heteroatoms. The van der Waals surface area contributed by atoms with Crippen LogP contribution in [-0.2, 0) is 13.1 Å². The van der Waals surface area contributed by atoms with E-state index in [1.807, 2.05) is 0 Å². The Labute approximate surface area is 118 Å². The second kappa shape index (κ2) is 6.23. The zero-order valence-electron chi connectivity index (χ0n) is 10.2. The fourth-order valence-corrected chi connectivity index (χ4v) is 1.79. The smallest absolute Gasteiger partial charge is 0.326 e. The van der Waals surface area contributed by atoms with Gasteiger partial charge in [-0.1, -0.05) is 6.07 Å². The summed E-state index contributed by atoms with van der Waals surface area (Å²) in [6.45, 7) is -1.07. The monoisotopic (exact) mass is 309 g/mol. The molecular formula is C12H12ClF4N3. The first-order valence-corrected chi connectivity index (χ1v) is 5.47. The number of nitrogens with zero attached hydrogens (tertiary/aromatic N) is 2. The maximum Gasteiger partial charge on any atom is 0.408 e. The summed E-state index contributed by atoms with van der Waals surface area (Å²) in [5.41, 5.74) is 7.07. The van der Waals surface area contributed by atoms with Crippen molar-refractivity contribution in [3.05, 3.63) is 42.0 Å². The summed E-state index contributed by atoms with van der Waals surface area (Å²) < 4.78 is 50.5. The Morgan fingerprint density at radius 1 is 1.25 bits per heavy atom. The predicted molar refractivity (Wildman–Crippen MR) is 68.8 cm³/mol. The summed E-state index contributed by atoms with van der Waals surface area (Å²) in [7, 11) is 0. The van der Waals surface area contributed by atoms with E-state index in [4.69, 9.17) is 5.73 Å². The zero-order chi connectivity index (χ0) is 14.0. The third kappa shape index (κ3) is 3.94. The molecule has 0 fully saturated rings. The SMILES string of the molecule is Cl.NCc1cc(F)ccc1-c1cnn(CC(F)(F)F)c1. The maximum atomic E-state index is 13.1. The van der Waals surface area contributed by atoms with E-state index in [2.05, 4.69) is 5.10 Å². The number of hydrogen-bond acceptors (Lipinski definition) is 2. The molecule has 0 unspecified atom stereocenters. The second-order valence-corrected chi connectivity index (χ2v) is 4.05. The molecule has 0 bridgehead atoms. The van der Waals surface area contributed by atoms with Crippen LogP contribution >= 0.6 is 12.4 Å². The molecule has 2 rings (SSSR count). The van der Waals surface area contributed by atoms with E-state index in [0.717, 1.165) is 4.68 Å². The third-order valence-electron chi connectivity index (χ3n) is 2.57. The molecule has 0 aliphatic heterocycles. The van der Waals surface area contributed by atoms with Crippen LogP contribution < -0.4 is 5.73 Å². The van der Waals surface area contributed by atoms with Crippen LogP contribution in [0.25, 0.3) is 11.1 Å². The molecule has 0 amide bonds. The van der Waals surface area contributed by atoms with E-state index in [1.165, 1.54) is 30.6 Å². The summed E-state index contributed by atoms with van der Waals surface area (Å²) >= 11 is 0. The molecule has 0 radical (unpaired) electrons. The number of benzene rings is 1. The molecule has 1 aromatic carbocycles. The molecule has 2 N–H and O–H groups in total. The van der Waals surface area contributed by atoms with Crippen LogP contribution in [0, 0.1) is 5.82 Å². The van der Waals surface area contributed by atoms with Crippen molar-refractivity contribution in [3.8, 4) is 11.1 Å². The van der Waals surface area contributed by atoms with Gasteiger partial charge in [0.2, 0.25) is 0 Å². The molecule has 0 aliphatic rings. The summed E-state index contributed by atoms with van der Waals surface area (Å²) in [6.07, 6.45) is -1.76. The van der Waals surface area contributed by atoms with Gasteiger partial charge in [0.15, 0.2) is 0 Å². The number of halogens is 5. The minimum absolute atomic E-state index is 0. The quantitative estimate of drug-likeness (QED) is 0.885. The van der Waals surface area contributed by atoms with Crippen molar-refractivity contribution in [2.24, 2.45) is 5.73 Å². The highest BCUT2D eigenvalue weighted by atomic mass is 35.5. The number of rotatable bonds is 3. The van der Waals surface area contributed by atoms with Crippen molar-refractivity contribution in [2.45, 2.75) is 19.3 Å². The third-order valence-corrected chi connectivity index (χ3v) is 2.57. The lowest BCUT2D eigenvalue weighted by molar-refractivity contribution is -0.142. The average molecular weight is 310 g/mol. The van der Waals surface area contributed by atoms with Gasteiger partial charge in [-0.25, -0.2) is 4.39 Å². The van der Waals surface area contributed by atoms with Crippen molar-refractivity contribution in [1.29, 1.82) is 0 Å². The molecule has 110 valence electrons. The molecule has 1 heterocycles. The second-order valence-electron chi connectivity index (χ2n) is 4.05. The highest BCUT2D eigenvalue weighted by Gasteiger charge is 2.28. The van der Waals surface area contributed by atoms with Gasteiger partial charge in [0.05, 0.1) is 6.20 Å². The van der Waals surface area contributed by atoms with Gasteiger partial charge in [-0.05, 0) is 23.3 Å². The van der Waals surface area contributed by atoms with Gasteiger partial charge in [0.1, 0.15) is 12.4 Å². The number of nitrogens with two attached hydrogens (primary N) is 1. The van der Waals surface area contributed by atoms with Crippen LogP contribution in [0.2, 0.25) is 0 Å². The average Bonchev–Trinajstić information content (AvgIpc) is 2.74. The van der Waals surface area contributed by atoms with Gasteiger partial charge >= 0.3 is 6.18 Å². The molecule has 3 nitrogen and oxygen atoms in total. The van der Waals surface area contributed by atoms with Crippen LogP contribution in [0.3, 0.4) is 0 Å². The van der Waals surface area contributed by atoms with Crippen molar-refractivity contribution in [1.82, 2.24) is 9.78 Å². The largest absolute Gasteiger partial charge is 0.408 e. The molecule has 1 aromatic heterocycles. The first kappa shape index (κ1) is 16.5. The van der Waals surface area contributed by atoms with E-state index in [-0.39, 0.29) is 19.0 Å². The first-order valence-electron chi connectivity index (χ1n) is 5.47. The van der Waals surface area contributed by atoms with Crippen molar-refractivity contribution < 1.29 is 17.6 Å². The molecule has 2 aromatic rings. The van der Waals surface area contributed by atoms with Crippen molar-refractivity contribution in [2.75, 3.05) is 0 Å². The lowest BCUT2D eigenvalue weighted by atomic mass is 10.0. The lowest BCUT2D eigenvalue weighted by Gasteiger charge is -2.06. The number of alkyl halides is 3. The predicted octanol–water partition coefficient (Wildman–Crippen LogP) is 3.13. The van der Waals surface area contributed by atoms with Crippen molar-refractivity contribution in [3.63, 3.8) is 0 Å². The van der Waals surface area contributed by atoms with Gasteiger partial charge < -0.3 is 5.73 Å². The Bertz CT molecular complexity index is 580. The summed E-state index contributed by atoms with van der Waals surface area (Å²) in [5, 5.41) is 3.64. The highest BCUT2D eigenvalue weighted by molar-refractivity contribution is 5.85. The molecule has 0 spiro atoms. The van der Waals surface area contributed by atoms with Gasteiger partial charge in [-0.2, -0.15) is 18.3 Å². The van der Waals surface area contributed by atoms with Crippen molar-refractivity contribution >= 4 is 12.4 Å². The van der Waals surface area contributed by atoms with Crippen LogP contribution in [0.4, 0.5) is 17.6 Å². The normalized spacial score (nSPS) is 11.2. The molecule has 0 atom stereocenters. The summed E-state index contributed by atoms with van der Waals surface area (Å²) in [5.74, 6) is -0.438. The van der Waals surface area contributed by atoms with Gasteiger partial charge in [0.25, 0.3) is 0 Å². The molecule has 0 saturated heterocycles. The first-order chi connectivity index (χ1) is 8.89. The zero-order valence-corrected chi connectivity index (χ0v) is 11.0. The maximum absolute atomic E-state index is 13.1. The van der Waals surface area contributed by atoms with Crippen LogP contribution in [0.1, 0.15) is 5.56 Å². The minimum Gasteiger partial charge on any atom is -0.326 e. The molecule has 20 heavy (non-hydrogen) atoms. The lowest BCUT2D eigenvalue weighted by Crippen LogP contribution is -2.17. The molecule has 0 saturated carbocycles. The van der Waals surface area contributed by atoms with Gasteiger partial charge in [0, 0.05) is 18.3 Å². The van der Waals surface area contributed by atoms with E-state index in [1.54, 1.807) is 0 Å². The van der Waals surface area contributed by atoms with Crippen LogP contribution in [-0.4, -0.2) is 16.0 Å². The fraction of sp³-hybridized carbons (Fsp3) is 0.250. The highest BCUT2D eigenvalue weighted by Crippen LogP contribution is 2.25. The Balaban J connectivity index is 0.00000200. The summed E-state index contributed by atoms with van der Waals surface area (Å²) in [6, 6.07) is 3.97. The Morgan fingerprint density at radius 2 is 1.95 bits per heavy atom. The molecule has 0 aliphatic carbocycles. The molecular weight excluding hydrogens is 298 g/mol. The summed E-state index contributed by atoms with van der Waals surface area (Å²) in [4.78, 5) is 0. The van der Waals surface area contributed by atoms with E-state index in [9.17, 15) is 17.6 Å².